The number of rotatable bonds is 1. The summed E-state index contributed by atoms with van der Waals surface area (Å²) < 4.78 is 4.53. The van der Waals surface area contributed by atoms with E-state index in [0.717, 1.165) is 37.6 Å². The van der Waals surface area contributed by atoms with Crippen LogP contribution in [0.3, 0.4) is 0 Å². The van der Waals surface area contributed by atoms with Crippen molar-refractivity contribution in [3.05, 3.63) is 48.0 Å². The molecule has 0 atom stereocenters. The van der Waals surface area contributed by atoms with Gasteiger partial charge in [-0.3, -0.25) is 0 Å². The number of phenolic OH excluding ortho intramolecular Hbond substituents is 1. The number of fused-ring (bicyclic) bond motifs is 1. The van der Waals surface area contributed by atoms with Gasteiger partial charge in [-0.1, -0.05) is 18.2 Å². The third-order valence-corrected chi connectivity index (χ3v) is 2.63. The van der Waals surface area contributed by atoms with Crippen LogP contribution in [0.4, 0.5) is 0 Å². The number of hydrogen-bond donors (Lipinski definition) is 1. The predicted octanol–water partition coefficient (Wildman–Crippen LogP) is -0.00168. The summed E-state index contributed by atoms with van der Waals surface area (Å²) in [6.07, 6.45) is 0. The van der Waals surface area contributed by atoms with E-state index in [1.54, 1.807) is 6.07 Å². The molecule has 0 bridgehead atoms. The van der Waals surface area contributed by atoms with Crippen LogP contribution < -0.4 is 0 Å². The maximum absolute atomic E-state index is 9.81. The average Bonchev–Trinajstić information content (AvgIpc) is 2.86. The third-order valence-electron chi connectivity index (χ3n) is 2.63. The molecule has 3 rings (SSSR count). The Labute approximate surface area is 123 Å². The van der Waals surface area contributed by atoms with E-state index < -0.39 is 0 Å². The average molecular weight is 303 g/mol. The lowest BCUT2D eigenvalue weighted by molar-refractivity contribution is 0.467. The lowest BCUT2D eigenvalue weighted by Crippen LogP contribution is -1.99. The predicted molar refractivity (Wildman–Crippen MR) is 86.2 cm³/mol. The Hall–Kier alpha value is -1.97. The molecule has 1 N–H and O–H groups in total. The van der Waals surface area contributed by atoms with E-state index in [0.29, 0.717) is 5.69 Å². The molecule has 0 aliphatic rings. The fourth-order valence-electron chi connectivity index (χ4n) is 1.76. The van der Waals surface area contributed by atoms with Gasteiger partial charge in [-0.05, 0) is 36.8 Å². The second kappa shape index (κ2) is 6.46. The van der Waals surface area contributed by atoms with E-state index in [2.05, 4.69) is 14.3 Å². The first-order valence-corrected chi connectivity index (χ1v) is 7.81. The Morgan fingerprint density at radius 3 is 2.15 bits per heavy atom. The normalized spacial score (nSPS) is 10.4. The van der Waals surface area contributed by atoms with E-state index in [9.17, 15) is 5.11 Å². The highest BCUT2D eigenvalue weighted by Crippen LogP contribution is 2.22. The zero-order valence-corrected chi connectivity index (χ0v) is 15.7. The van der Waals surface area contributed by atoms with Crippen LogP contribution in [0.5, 0.6) is 5.75 Å². The number of phenols is 1. The van der Waals surface area contributed by atoms with E-state index in [-0.39, 0.29) is 5.75 Å². The molecule has 2 aromatic carbocycles. The number of nitrogens with zero attached hydrogens (tertiary/aromatic N) is 3. The van der Waals surface area contributed by atoms with Crippen LogP contribution in [0.15, 0.2) is 42.5 Å². The van der Waals surface area contributed by atoms with Crippen LogP contribution >= 0.6 is 0 Å². The molecule has 104 valence electrons. The van der Waals surface area contributed by atoms with Crippen molar-refractivity contribution in [1.82, 2.24) is 15.0 Å². The molecular formula is C13H17N3O2Si2. The molecule has 20 heavy (non-hydrogen) atoms. The summed E-state index contributed by atoms with van der Waals surface area (Å²) in [4.78, 5) is 1.47. The van der Waals surface area contributed by atoms with Gasteiger partial charge in [-0.25, -0.2) is 0 Å². The van der Waals surface area contributed by atoms with Gasteiger partial charge in [0.1, 0.15) is 43.4 Å². The molecular weight excluding hydrogens is 286 g/mol. The van der Waals surface area contributed by atoms with Crippen molar-refractivity contribution >= 4 is 32.0 Å². The fraction of sp³-hybridized carbons (Fsp3) is 0.0769. The molecule has 0 fully saturated rings. The van der Waals surface area contributed by atoms with Gasteiger partial charge in [0.05, 0.1) is 0 Å². The molecule has 0 saturated heterocycles. The first-order chi connectivity index (χ1) is 9.65. The Kier molecular flexibility index (Phi) is 4.67. The van der Waals surface area contributed by atoms with Crippen molar-refractivity contribution in [2.75, 3.05) is 0 Å². The minimum atomic E-state index is 0.177. The second-order valence-corrected chi connectivity index (χ2v) is 7.64. The lowest BCUT2D eigenvalue weighted by Gasteiger charge is -2.03. The minimum Gasteiger partial charge on any atom is -0.506 e. The van der Waals surface area contributed by atoms with Crippen LogP contribution in [0.25, 0.3) is 16.7 Å². The third kappa shape index (κ3) is 3.13. The second-order valence-electron chi connectivity index (χ2n) is 4.38. The Morgan fingerprint density at radius 1 is 1.05 bits per heavy atom. The van der Waals surface area contributed by atoms with E-state index in [1.807, 2.05) is 43.3 Å². The SMILES string of the molecule is Cc1ccc(O)c(-n2nc3ccccc3n2)c1.[SiH3]O[SiH3]. The summed E-state index contributed by atoms with van der Waals surface area (Å²) in [5.74, 6) is 0.177. The first kappa shape index (κ1) is 14.4. The summed E-state index contributed by atoms with van der Waals surface area (Å²) in [7, 11) is 1.86. The zero-order valence-electron chi connectivity index (χ0n) is 11.7. The van der Waals surface area contributed by atoms with Crippen LogP contribution in [0.2, 0.25) is 0 Å². The molecule has 3 aromatic rings. The molecule has 0 spiro atoms. The Bertz CT molecular complexity index is 683. The van der Waals surface area contributed by atoms with Crippen molar-refractivity contribution in [2.45, 2.75) is 6.92 Å². The van der Waals surface area contributed by atoms with Crippen LogP contribution in [-0.2, 0) is 4.12 Å². The smallest absolute Gasteiger partial charge is 0.143 e. The topological polar surface area (TPSA) is 60.2 Å². The van der Waals surface area contributed by atoms with Gasteiger partial charge in [0.15, 0.2) is 0 Å². The van der Waals surface area contributed by atoms with Gasteiger partial charge in [0.2, 0.25) is 0 Å². The van der Waals surface area contributed by atoms with E-state index in [4.69, 9.17) is 0 Å². The monoisotopic (exact) mass is 303 g/mol. The molecule has 1 heterocycles. The summed E-state index contributed by atoms with van der Waals surface area (Å²) in [5, 5.41) is 18.5. The van der Waals surface area contributed by atoms with Gasteiger partial charge in [0, 0.05) is 0 Å². The molecule has 0 aliphatic heterocycles. The van der Waals surface area contributed by atoms with Gasteiger partial charge < -0.3 is 9.22 Å². The van der Waals surface area contributed by atoms with Crippen molar-refractivity contribution in [2.24, 2.45) is 0 Å². The van der Waals surface area contributed by atoms with Gasteiger partial charge in [-0.15, -0.1) is 15.0 Å². The quantitative estimate of drug-likeness (QED) is 0.643. The van der Waals surface area contributed by atoms with E-state index >= 15 is 0 Å². The van der Waals surface area contributed by atoms with Crippen molar-refractivity contribution in [3.63, 3.8) is 0 Å². The highest BCUT2D eigenvalue weighted by Gasteiger charge is 2.08. The minimum absolute atomic E-state index is 0.177. The number of benzene rings is 2. The summed E-state index contributed by atoms with van der Waals surface area (Å²) in [6.45, 7) is 1.96. The summed E-state index contributed by atoms with van der Waals surface area (Å²) in [5.41, 5.74) is 3.28. The molecule has 0 unspecified atom stereocenters. The molecule has 0 aliphatic carbocycles. The maximum Gasteiger partial charge on any atom is 0.143 e. The molecule has 1 aromatic heterocycles. The van der Waals surface area contributed by atoms with Crippen LogP contribution in [0, 0.1) is 6.92 Å². The lowest BCUT2D eigenvalue weighted by atomic mass is 10.2. The fourth-order valence-corrected chi connectivity index (χ4v) is 1.76. The largest absolute Gasteiger partial charge is 0.506 e. The standard InChI is InChI=1S/C13H11N3O.H6OSi2/c1-9-6-7-13(17)12(8-9)16-14-10-4-2-3-5-11(10)15-16;2-1-3/h2-8,17H,1H3;2-3H3. The molecule has 0 saturated carbocycles. The van der Waals surface area contributed by atoms with Crippen LogP contribution in [0.1, 0.15) is 5.56 Å². The molecule has 7 heteroatoms. The number of aryl methyl sites for hydroxylation is 1. The van der Waals surface area contributed by atoms with Gasteiger partial charge in [0.25, 0.3) is 0 Å². The maximum atomic E-state index is 9.81. The number of aromatic hydroxyl groups is 1. The van der Waals surface area contributed by atoms with Crippen molar-refractivity contribution < 1.29 is 9.22 Å². The highest BCUT2D eigenvalue weighted by molar-refractivity contribution is 6.15. The molecule has 5 nitrogen and oxygen atoms in total. The summed E-state index contributed by atoms with van der Waals surface area (Å²) >= 11 is 0. The zero-order chi connectivity index (χ0) is 14.5. The Morgan fingerprint density at radius 2 is 1.60 bits per heavy atom. The van der Waals surface area contributed by atoms with Crippen molar-refractivity contribution in [3.8, 4) is 11.4 Å². The first-order valence-electron chi connectivity index (χ1n) is 6.18. The van der Waals surface area contributed by atoms with E-state index in [1.165, 1.54) is 4.80 Å². The number of hydrogen-bond acceptors (Lipinski definition) is 4. The van der Waals surface area contributed by atoms with Crippen molar-refractivity contribution in [1.29, 1.82) is 0 Å². The number of aromatic nitrogens is 3. The molecule has 0 amide bonds. The molecule has 0 radical (unpaired) electrons. The van der Waals surface area contributed by atoms with Gasteiger partial charge >= 0.3 is 0 Å². The highest BCUT2D eigenvalue weighted by atomic mass is 28.3. The summed E-state index contributed by atoms with van der Waals surface area (Å²) in [6, 6.07) is 13.0. The van der Waals surface area contributed by atoms with Crippen LogP contribution in [-0.4, -0.2) is 41.1 Å². The van der Waals surface area contributed by atoms with Gasteiger partial charge in [-0.2, -0.15) is 0 Å². The Balaban J connectivity index is 0.000000452.